The average molecular weight is 300 g/mol. The smallest absolute Gasteiger partial charge is 0.265 e. The molecular formula is C12H14ClN3O2S. The molecule has 0 atom stereocenters. The predicted molar refractivity (Wildman–Crippen MR) is 74.9 cm³/mol. The first-order valence-electron chi connectivity index (χ1n) is 5.60. The lowest BCUT2D eigenvalue weighted by molar-refractivity contribution is 0.599. The molecule has 19 heavy (non-hydrogen) atoms. The van der Waals surface area contributed by atoms with Crippen LogP contribution in [0.2, 0.25) is 5.02 Å². The number of hydrogen-bond donors (Lipinski definition) is 1. The Morgan fingerprint density at radius 1 is 1.26 bits per heavy atom. The van der Waals surface area contributed by atoms with E-state index in [0.29, 0.717) is 22.1 Å². The minimum absolute atomic E-state index is 0.190. The maximum absolute atomic E-state index is 12.4. The number of para-hydroxylation sites is 1. The van der Waals surface area contributed by atoms with Gasteiger partial charge >= 0.3 is 0 Å². The number of halogens is 1. The van der Waals surface area contributed by atoms with Crippen molar-refractivity contribution in [3.8, 4) is 0 Å². The van der Waals surface area contributed by atoms with Crippen molar-refractivity contribution < 1.29 is 8.42 Å². The number of rotatable bonds is 3. The molecule has 7 heteroatoms. The van der Waals surface area contributed by atoms with E-state index < -0.39 is 10.0 Å². The molecule has 0 unspecified atom stereocenters. The van der Waals surface area contributed by atoms with Crippen molar-refractivity contribution in [2.24, 2.45) is 7.05 Å². The summed E-state index contributed by atoms with van der Waals surface area (Å²) in [5.74, 6) is 0. The van der Waals surface area contributed by atoms with Gasteiger partial charge in [-0.15, -0.1) is 0 Å². The molecule has 0 saturated heterocycles. The van der Waals surface area contributed by atoms with Gasteiger partial charge in [-0.2, -0.15) is 5.10 Å². The van der Waals surface area contributed by atoms with Crippen molar-refractivity contribution in [2.45, 2.75) is 18.7 Å². The van der Waals surface area contributed by atoms with E-state index in [4.69, 9.17) is 11.6 Å². The summed E-state index contributed by atoms with van der Waals surface area (Å²) < 4.78 is 28.8. The molecule has 0 aliphatic heterocycles. The molecule has 0 radical (unpaired) electrons. The van der Waals surface area contributed by atoms with E-state index in [1.165, 1.54) is 4.68 Å². The fourth-order valence-electron chi connectivity index (χ4n) is 1.88. The van der Waals surface area contributed by atoms with Gasteiger partial charge in [0.25, 0.3) is 10.0 Å². The monoisotopic (exact) mass is 299 g/mol. The third kappa shape index (κ3) is 2.59. The number of anilines is 1. The van der Waals surface area contributed by atoms with Gasteiger partial charge in [0.2, 0.25) is 0 Å². The van der Waals surface area contributed by atoms with Crippen LogP contribution in [0, 0.1) is 13.8 Å². The molecule has 1 heterocycles. The largest absolute Gasteiger partial charge is 0.278 e. The van der Waals surface area contributed by atoms with Crippen LogP contribution >= 0.6 is 11.6 Å². The Bertz CT molecular complexity index is 723. The van der Waals surface area contributed by atoms with Crippen molar-refractivity contribution in [1.29, 1.82) is 0 Å². The molecule has 1 N–H and O–H groups in total. The Hall–Kier alpha value is -1.53. The molecule has 0 aliphatic carbocycles. The number of benzene rings is 1. The second-order valence-corrected chi connectivity index (χ2v) is 6.24. The van der Waals surface area contributed by atoms with Gasteiger partial charge in [-0.25, -0.2) is 8.42 Å². The van der Waals surface area contributed by atoms with Gasteiger partial charge in [0, 0.05) is 7.05 Å². The molecule has 0 bridgehead atoms. The minimum Gasteiger partial charge on any atom is -0.278 e. The van der Waals surface area contributed by atoms with Crippen molar-refractivity contribution in [3.63, 3.8) is 0 Å². The van der Waals surface area contributed by atoms with Crippen LogP contribution in [0.15, 0.2) is 29.2 Å². The first-order chi connectivity index (χ1) is 8.83. The molecule has 5 nitrogen and oxygen atoms in total. The summed E-state index contributed by atoms with van der Waals surface area (Å²) in [5, 5.41) is 4.46. The van der Waals surface area contributed by atoms with Crippen LogP contribution in [0.1, 0.15) is 11.4 Å². The lowest BCUT2D eigenvalue weighted by Crippen LogP contribution is -2.15. The molecule has 2 rings (SSSR count). The fraction of sp³-hybridized carbons (Fsp3) is 0.250. The zero-order chi connectivity index (χ0) is 14.2. The van der Waals surface area contributed by atoms with Gasteiger partial charge < -0.3 is 0 Å². The number of aryl methyl sites for hydroxylation is 2. The highest BCUT2D eigenvalue weighted by molar-refractivity contribution is 7.92. The Morgan fingerprint density at radius 2 is 1.89 bits per heavy atom. The Labute approximate surface area is 117 Å². The highest BCUT2D eigenvalue weighted by Crippen LogP contribution is 2.26. The van der Waals surface area contributed by atoms with Crippen molar-refractivity contribution in [2.75, 3.05) is 4.72 Å². The number of hydrogen-bond acceptors (Lipinski definition) is 3. The number of sulfonamides is 1. The molecule has 0 spiro atoms. The van der Waals surface area contributed by atoms with Crippen LogP contribution < -0.4 is 4.72 Å². The van der Waals surface area contributed by atoms with Gasteiger partial charge in [-0.05, 0) is 26.0 Å². The van der Waals surface area contributed by atoms with Crippen LogP contribution in [0.4, 0.5) is 5.69 Å². The first kappa shape index (κ1) is 13.9. The molecule has 0 aliphatic rings. The quantitative estimate of drug-likeness (QED) is 0.947. The molecule has 102 valence electrons. The predicted octanol–water partition coefficient (Wildman–Crippen LogP) is 2.49. The van der Waals surface area contributed by atoms with E-state index in [1.54, 1.807) is 45.2 Å². The molecule has 1 aromatic heterocycles. The molecular weight excluding hydrogens is 286 g/mol. The highest BCUT2D eigenvalue weighted by atomic mass is 35.5. The summed E-state index contributed by atoms with van der Waals surface area (Å²) in [5.41, 5.74) is 1.39. The van der Waals surface area contributed by atoms with Crippen LogP contribution in [-0.2, 0) is 17.1 Å². The summed E-state index contributed by atoms with van der Waals surface area (Å²) in [6, 6.07) is 6.69. The van der Waals surface area contributed by atoms with Crippen molar-refractivity contribution in [3.05, 3.63) is 40.7 Å². The average Bonchev–Trinajstić information content (AvgIpc) is 2.56. The maximum atomic E-state index is 12.4. The van der Waals surface area contributed by atoms with Gasteiger partial charge in [0.05, 0.1) is 22.1 Å². The second-order valence-electron chi connectivity index (χ2n) is 4.21. The van der Waals surface area contributed by atoms with Gasteiger partial charge in [-0.1, -0.05) is 23.7 Å². The fourth-order valence-corrected chi connectivity index (χ4v) is 3.64. The highest BCUT2D eigenvalue weighted by Gasteiger charge is 2.24. The van der Waals surface area contributed by atoms with Gasteiger partial charge in [-0.3, -0.25) is 9.40 Å². The van der Waals surface area contributed by atoms with E-state index in [9.17, 15) is 8.42 Å². The Kier molecular flexibility index (Phi) is 3.56. The lowest BCUT2D eigenvalue weighted by Gasteiger charge is -2.09. The molecule has 0 amide bonds. The van der Waals surface area contributed by atoms with Crippen molar-refractivity contribution >= 4 is 27.3 Å². The summed E-state index contributed by atoms with van der Waals surface area (Å²) in [6.45, 7) is 3.37. The molecule has 1 aromatic carbocycles. The van der Waals surface area contributed by atoms with E-state index >= 15 is 0 Å². The number of aromatic nitrogens is 2. The molecule has 2 aromatic rings. The zero-order valence-electron chi connectivity index (χ0n) is 10.8. The Balaban J connectivity index is 2.47. The lowest BCUT2D eigenvalue weighted by atomic mass is 10.3. The van der Waals surface area contributed by atoms with Crippen LogP contribution in [0.3, 0.4) is 0 Å². The standard InChI is InChI=1S/C12H14ClN3O2S/c1-8-12(9(2)16(3)14-8)19(17,18)15-11-7-5-4-6-10(11)13/h4-7,15H,1-3H3. The van der Waals surface area contributed by atoms with Crippen molar-refractivity contribution in [1.82, 2.24) is 9.78 Å². The van der Waals surface area contributed by atoms with E-state index in [1.807, 2.05) is 0 Å². The summed E-state index contributed by atoms with van der Waals surface area (Å²) in [4.78, 5) is 0.190. The summed E-state index contributed by atoms with van der Waals surface area (Å²) >= 11 is 5.95. The first-order valence-corrected chi connectivity index (χ1v) is 7.46. The number of nitrogens with zero attached hydrogens (tertiary/aromatic N) is 2. The zero-order valence-corrected chi connectivity index (χ0v) is 12.4. The van der Waals surface area contributed by atoms with Crippen LogP contribution in [0.5, 0.6) is 0 Å². The van der Waals surface area contributed by atoms with Gasteiger partial charge in [0.15, 0.2) is 0 Å². The third-order valence-electron chi connectivity index (χ3n) is 2.83. The van der Waals surface area contributed by atoms with Crippen LogP contribution in [-0.4, -0.2) is 18.2 Å². The minimum atomic E-state index is -3.69. The summed E-state index contributed by atoms with van der Waals surface area (Å²) in [6.07, 6.45) is 0. The second kappa shape index (κ2) is 4.86. The molecule has 0 fully saturated rings. The Morgan fingerprint density at radius 3 is 2.42 bits per heavy atom. The van der Waals surface area contributed by atoms with Gasteiger partial charge in [0.1, 0.15) is 4.90 Å². The van der Waals surface area contributed by atoms with Crippen LogP contribution in [0.25, 0.3) is 0 Å². The topological polar surface area (TPSA) is 64.0 Å². The number of nitrogens with one attached hydrogen (secondary N) is 1. The SMILES string of the molecule is Cc1nn(C)c(C)c1S(=O)(=O)Nc1ccccc1Cl. The molecule has 0 saturated carbocycles. The third-order valence-corrected chi connectivity index (χ3v) is 4.78. The summed E-state index contributed by atoms with van der Waals surface area (Å²) in [7, 11) is -1.99. The maximum Gasteiger partial charge on any atom is 0.265 e. The normalized spacial score (nSPS) is 11.6. The van der Waals surface area contributed by atoms with E-state index in [-0.39, 0.29) is 4.90 Å². The van der Waals surface area contributed by atoms with E-state index in [2.05, 4.69) is 9.82 Å². The van der Waals surface area contributed by atoms with E-state index in [0.717, 1.165) is 0 Å².